The third-order valence-corrected chi connectivity index (χ3v) is 12.4. The first-order chi connectivity index (χ1) is 16.6. The molecule has 0 aliphatic carbocycles. The van der Waals surface area contributed by atoms with Crippen LogP contribution in [0, 0.1) is 0 Å². The number of thioether (sulfide) groups is 1. The second-order valence-electron chi connectivity index (χ2n) is 11.9. The zero-order valence-corrected chi connectivity index (χ0v) is 24.7. The molecule has 0 radical (unpaired) electrons. The van der Waals surface area contributed by atoms with Crippen molar-refractivity contribution >= 4 is 31.3 Å². The lowest BCUT2D eigenvalue weighted by Crippen LogP contribution is -2.56. The zero-order valence-electron chi connectivity index (χ0n) is 22.9. The molecule has 1 saturated heterocycles. The summed E-state index contributed by atoms with van der Waals surface area (Å²) in [6.07, 6.45) is -3.42. The van der Waals surface area contributed by atoms with E-state index in [1.165, 1.54) is 16.7 Å². The topological polar surface area (TPSA) is 69.6 Å². The van der Waals surface area contributed by atoms with Crippen LogP contribution in [0.3, 0.4) is 0 Å². The summed E-state index contributed by atoms with van der Waals surface area (Å²) in [5, 5.41) is 0.378. The Morgan fingerprint density at radius 1 is 1.17 bits per heavy atom. The molecule has 1 amide bonds. The van der Waals surface area contributed by atoms with Crippen LogP contribution in [0.2, 0.25) is 18.1 Å². The highest BCUT2D eigenvalue weighted by atomic mass is 32.2. The summed E-state index contributed by atoms with van der Waals surface area (Å²) in [5.41, 5.74) is -0.279. The number of hydrogen-bond acceptors (Lipinski definition) is 7. The number of halogens is 1. The second kappa shape index (κ2) is 11.1. The van der Waals surface area contributed by atoms with E-state index in [0.29, 0.717) is 5.17 Å². The molecule has 0 saturated carbocycles. The smallest absolute Gasteiger partial charge is 0.416 e. The predicted octanol–water partition coefficient (Wildman–Crippen LogP) is 5.99. The van der Waals surface area contributed by atoms with Crippen molar-refractivity contribution in [1.29, 1.82) is 0 Å². The van der Waals surface area contributed by atoms with E-state index >= 15 is 4.39 Å². The number of fused-ring (bicyclic) bond motifs is 1. The average Bonchev–Trinajstić information content (AvgIpc) is 3.20. The molecule has 7 nitrogen and oxygen atoms in total. The van der Waals surface area contributed by atoms with Crippen LogP contribution in [0.5, 0.6) is 0 Å². The highest BCUT2D eigenvalue weighted by Crippen LogP contribution is 2.41. The SMILES string of the molecule is CN(C(=O)OC(C)(C)C)C1=N[C@@H]2[C@@H](F)[C@H](OCc3ccccc3)[C@@H](CO[Si](C)(C)C(C)(C)C)O[C@@H]2S1. The molecule has 0 bridgehead atoms. The molecule has 2 heterocycles. The largest absolute Gasteiger partial charge is 0.443 e. The van der Waals surface area contributed by atoms with Gasteiger partial charge in [0.25, 0.3) is 0 Å². The Balaban J connectivity index is 1.78. The third kappa shape index (κ3) is 7.09. The van der Waals surface area contributed by atoms with E-state index in [1.807, 2.05) is 30.3 Å². The van der Waals surface area contributed by atoms with E-state index < -0.39 is 49.9 Å². The number of carbonyl (C=O) groups excluding carboxylic acids is 1. The lowest BCUT2D eigenvalue weighted by atomic mass is 9.99. The summed E-state index contributed by atoms with van der Waals surface area (Å²) in [5.74, 6) is 0. The number of amides is 1. The van der Waals surface area contributed by atoms with Gasteiger partial charge in [0.05, 0.1) is 13.2 Å². The van der Waals surface area contributed by atoms with Crippen molar-refractivity contribution in [3.63, 3.8) is 0 Å². The monoisotopic (exact) mass is 540 g/mol. The first-order valence-electron chi connectivity index (χ1n) is 12.4. The van der Waals surface area contributed by atoms with Crippen LogP contribution in [0.1, 0.15) is 47.1 Å². The van der Waals surface area contributed by atoms with Gasteiger partial charge in [-0.1, -0.05) is 62.9 Å². The number of nitrogens with zero attached hydrogens (tertiary/aromatic N) is 2. The highest BCUT2D eigenvalue weighted by molar-refractivity contribution is 8.14. The summed E-state index contributed by atoms with van der Waals surface area (Å²) < 4.78 is 40.3. The zero-order chi connectivity index (χ0) is 26.9. The van der Waals surface area contributed by atoms with E-state index in [-0.39, 0.29) is 18.3 Å². The van der Waals surface area contributed by atoms with Gasteiger partial charge in [0.15, 0.2) is 19.7 Å². The Kier molecular flexibility index (Phi) is 8.98. The maximum Gasteiger partial charge on any atom is 0.416 e. The second-order valence-corrected chi connectivity index (χ2v) is 17.8. The summed E-state index contributed by atoms with van der Waals surface area (Å²) in [4.78, 5) is 18.4. The number of benzene rings is 1. The molecule has 1 aromatic rings. The fourth-order valence-electron chi connectivity index (χ4n) is 3.55. The van der Waals surface area contributed by atoms with E-state index in [4.69, 9.17) is 18.6 Å². The number of rotatable bonds is 6. The van der Waals surface area contributed by atoms with Gasteiger partial charge in [-0.15, -0.1) is 0 Å². The molecule has 10 heteroatoms. The van der Waals surface area contributed by atoms with E-state index in [2.05, 4.69) is 38.9 Å². The van der Waals surface area contributed by atoms with Crippen LogP contribution < -0.4 is 0 Å². The van der Waals surface area contributed by atoms with Crippen molar-refractivity contribution in [2.75, 3.05) is 13.7 Å². The standard InChI is InChI=1S/C26H41FN2O5SSi/c1-25(2,3)34-24(30)29(7)23-28-20-19(27)21(31-15-17-13-11-10-12-14-17)18(33-22(20)35-23)16-32-36(8,9)26(4,5)6/h10-14,18-22H,15-16H2,1-9H3/t18-,19-,20-,21-,22-/m1/s1. The Morgan fingerprint density at radius 3 is 2.39 bits per heavy atom. The van der Waals surface area contributed by atoms with Gasteiger partial charge in [0, 0.05) is 7.05 Å². The average molecular weight is 541 g/mol. The lowest BCUT2D eigenvalue weighted by molar-refractivity contribution is -0.169. The molecule has 3 rings (SSSR count). The van der Waals surface area contributed by atoms with Crippen LogP contribution in [-0.4, -0.2) is 73.6 Å². The van der Waals surface area contributed by atoms with Gasteiger partial charge in [-0.25, -0.2) is 9.18 Å². The molecule has 5 atom stereocenters. The summed E-state index contributed by atoms with van der Waals surface area (Å²) in [6, 6.07) is 8.87. The van der Waals surface area contributed by atoms with Crippen LogP contribution in [0.4, 0.5) is 9.18 Å². The minimum Gasteiger partial charge on any atom is -0.443 e. The molecule has 0 unspecified atom stereocenters. The molecule has 1 aromatic carbocycles. The van der Waals surface area contributed by atoms with Crippen molar-refractivity contribution < 1.29 is 27.8 Å². The van der Waals surface area contributed by atoms with Gasteiger partial charge < -0.3 is 18.6 Å². The van der Waals surface area contributed by atoms with Crippen molar-refractivity contribution in [3.05, 3.63) is 35.9 Å². The van der Waals surface area contributed by atoms with E-state index in [0.717, 1.165) is 5.56 Å². The van der Waals surface area contributed by atoms with Gasteiger partial charge >= 0.3 is 6.09 Å². The van der Waals surface area contributed by atoms with Crippen LogP contribution in [0.15, 0.2) is 35.3 Å². The highest BCUT2D eigenvalue weighted by Gasteiger charge is 2.52. The molecule has 2 aliphatic rings. The first kappa shape index (κ1) is 29.1. The Morgan fingerprint density at radius 2 is 1.81 bits per heavy atom. The summed E-state index contributed by atoms with van der Waals surface area (Å²) in [7, 11) is -0.518. The van der Waals surface area contributed by atoms with Crippen LogP contribution in [0.25, 0.3) is 0 Å². The molecule has 0 spiro atoms. The molecule has 202 valence electrons. The fraction of sp³-hybridized carbons (Fsp3) is 0.692. The first-order valence-corrected chi connectivity index (χ1v) is 16.2. The van der Waals surface area contributed by atoms with Crippen molar-refractivity contribution in [3.8, 4) is 0 Å². The third-order valence-electron chi connectivity index (χ3n) is 6.73. The molecule has 1 fully saturated rings. The van der Waals surface area contributed by atoms with Gasteiger partial charge in [-0.05, 0) is 44.5 Å². The fourth-order valence-corrected chi connectivity index (χ4v) is 5.74. The maximum atomic E-state index is 16.0. The normalized spacial score (nSPS) is 26.8. The number of aliphatic imine (C=N–C) groups is 1. The van der Waals surface area contributed by atoms with Crippen LogP contribution in [-0.2, 0) is 25.2 Å². The van der Waals surface area contributed by atoms with Crippen molar-refractivity contribution in [2.45, 2.75) is 102 Å². The van der Waals surface area contributed by atoms with E-state index in [1.54, 1.807) is 27.8 Å². The number of carbonyl (C=O) groups is 1. The minimum absolute atomic E-state index is 0.00816. The summed E-state index contributed by atoms with van der Waals surface area (Å²) in [6.45, 7) is 16.7. The van der Waals surface area contributed by atoms with Gasteiger partial charge in [-0.2, -0.15) is 0 Å². The molecule has 0 N–H and O–H groups in total. The van der Waals surface area contributed by atoms with Gasteiger partial charge in [-0.3, -0.25) is 9.89 Å². The number of alkyl halides is 1. The van der Waals surface area contributed by atoms with Crippen LogP contribution >= 0.6 is 11.8 Å². The Hall–Kier alpha value is -1.46. The maximum absolute atomic E-state index is 16.0. The van der Waals surface area contributed by atoms with E-state index in [9.17, 15) is 4.79 Å². The Bertz CT molecular complexity index is 935. The Labute approximate surface area is 220 Å². The lowest BCUT2D eigenvalue weighted by Gasteiger charge is -2.42. The number of hydrogen-bond donors (Lipinski definition) is 0. The summed E-state index contributed by atoms with van der Waals surface area (Å²) >= 11 is 1.23. The van der Waals surface area contributed by atoms with Crippen molar-refractivity contribution in [2.24, 2.45) is 4.99 Å². The molecule has 0 aromatic heterocycles. The van der Waals surface area contributed by atoms with Crippen molar-refractivity contribution in [1.82, 2.24) is 4.90 Å². The predicted molar refractivity (Wildman–Crippen MR) is 145 cm³/mol. The molecule has 2 aliphatic heterocycles. The van der Waals surface area contributed by atoms with Gasteiger partial charge in [0.1, 0.15) is 29.3 Å². The number of ether oxygens (including phenoxy) is 3. The minimum atomic E-state index is -2.09. The van der Waals surface area contributed by atoms with Gasteiger partial charge in [0.2, 0.25) is 0 Å². The number of amidine groups is 1. The molecular weight excluding hydrogens is 499 g/mol. The molecule has 36 heavy (non-hydrogen) atoms. The molecular formula is C26H41FN2O5SSi. The quantitative estimate of drug-likeness (QED) is 0.413.